The first-order valence-electron chi connectivity index (χ1n) is 13.3. The maximum atomic E-state index is 10.0. The van der Waals surface area contributed by atoms with Crippen LogP contribution in [0.2, 0.25) is 0 Å². The summed E-state index contributed by atoms with van der Waals surface area (Å²) in [4.78, 5) is 4.52. The second-order valence-corrected chi connectivity index (χ2v) is 12.0. The Morgan fingerprint density at radius 1 is 0.838 bits per heavy atom. The molecule has 0 bridgehead atoms. The molecule has 4 heteroatoms. The summed E-state index contributed by atoms with van der Waals surface area (Å²) >= 11 is 0. The molecule has 1 aromatic heterocycles. The van der Waals surface area contributed by atoms with Crippen LogP contribution in [0.4, 0.5) is 0 Å². The van der Waals surface area contributed by atoms with Gasteiger partial charge in [0, 0.05) is 32.7 Å². The van der Waals surface area contributed by atoms with Crippen molar-refractivity contribution < 1.29 is 30.3 Å². The number of pyridine rings is 1. The number of benzene rings is 2. The summed E-state index contributed by atoms with van der Waals surface area (Å²) in [6.45, 7) is 16.9. The first-order chi connectivity index (χ1) is 16.9. The largest absolute Gasteiger partial charge is 0.392 e. The van der Waals surface area contributed by atoms with Crippen LogP contribution in [0.25, 0.3) is 22.4 Å². The Morgan fingerprint density at radius 3 is 1.95 bits per heavy atom. The van der Waals surface area contributed by atoms with Gasteiger partial charge < -0.3 is 15.2 Å². The first-order valence-corrected chi connectivity index (χ1v) is 13.3. The van der Waals surface area contributed by atoms with Gasteiger partial charge in [-0.15, -0.1) is 29.3 Å². The average molecular weight is 679 g/mol. The number of fused-ring (bicyclic) bond motifs is 3. The smallest absolute Gasteiger partial charge is 0.0615 e. The molecular formula is C33H44IrNO2-. The van der Waals surface area contributed by atoms with Crippen LogP contribution in [0.1, 0.15) is 85.8 Å². The Balaban J connectivity index is 0.000000271. The number of nitrogens with zero attached hydrogens (tertiary/aromatic N) is 1. The molecule has 4 rings (SSSR count). The Bertz CT molecular complexity index is 1130. The standard InChI is InChI=1S/C20H16N.C13H28O2.Ir/c1-20(2)17-11-4-3-8-14(17)15-9-7-10-16(19(15)20)18-12-5-6-13-21-18;1-7-12(3,4)10(14)9-11(15)13(5,6)8-2;/h3-9,11-13H,1-2H3;10-11,14-15H,7-9H2,1-6H3;/q-1;;. The molecule has 1 radical (unpaired) electrons. The van der Waals surface area contributed by atoms with Crippen LogP contribution in [0.5, 0.6) is 0 Å². The normalized spacial score (nSPS) is 15.4. The van der Waals surface area contributed by atoms with E-state index in [0.717, 1.165) is 24.1 Å². The number of aliphatic hydroxyl groups excluding tert-OH is 2. The number of aromatic nitrogens is 1. The van der Waals surface area contributed by atoms with E-state index in [1.807, 2.05) is 52.1 Å². The molecule has 2 unspecified atom stereocenters. The van der Waals surface area contributed by atoms with Gasteiger partial charge in [0.05, 0.1) is 12.2 Å². The molecule has 0 fully saturated rings. The summed E-state index contributed by atoms with van der Waals surface area (Å²) in [7, 11) is 0. The summed E-state index contributed by atoms with van der Waals surface area (Å²) in [5.41, 5.74) is 7.26. The van der Waals surface area contributed by atoms with E-state index in [-0.39, 0.29) is 36.4 Å². The Labute approximate surface area is 238 Å². The van der Waals surface area contributed by atoms with Crippen molar-refractivity contribution >= 4 is 0 Å². The average Bonchev–Trinajstić information content (AvgIpc) is 3.12. The van der Waals surface area contributed by atoms with Gasteiger partial charge in [0.15, 0.2) is 0 Å². The van der Waals surface area contributed by atoms with E-state index in [2.05, 4.69) is 75.1 Å². The van der Waals surface area contributed by atoms with Crippen LogP contribution in [0.3, 0.4) is 0 Å². The van der Waals surface area contributed by atoms with E-state index in [0.29, 0.717) is 6.42 Å². The van der Waals surface area contributed by atoms with Gasteiger partial charge in [-0.3, -0.25) is 0 Å². The fourth-order valence-electron chi connectivity index (χ4n) is 4.80. The maximum Gasteiger partial charge on any atom is 0.0615 e. The molecule has 203 valence electrons. The summed E-state index contributed by atoms with van der Waals surface area (Å²) in [6.07, 6.45) is 3.31. The monoisotopic (exact) mass is 679 g/mol. The van der Waals surface area contributed by atoms with Gasteiger partial charge in [-0.2, -0.15) is 0 Å². The molecule has 0 aliphatic heterocycles. The molecule has 3 aromatic rings. The van der Waals surface area contributed by atoms with Gasteiger partial charge in [0.25, 0.3) is 0 Å². The summed E-state index contributed by atoms with van der Waals surface area (Å²) in [6, 6.07) is 22.3. The van der Waals surface area contributed by atoms with Crippen molar-refractivity contribution in [2.45, 2.75) is 92.3 Å². The third kappa shape index (κ3) is 6.60. The van der Waals surface area contributed by atoms with Crippen LogP contribution in [-0.2, 0) is 25.5 Å². The Hall–Kier alpha value is -1.84. The van der Waals surface area contributed by atoms with E-state index < -0.39 is 12.2 Å². The van der Waals surface area contributed by atoms with Crippen LogP contribution < -0.4 is 0 Å². The molecule has 37 heavy (non-hydrogen) atoms. The summed E-state index contributed by atoms with van der Waals surface area (Å²) in [5.74, 6) is 0. The SMILES string of the molecule is CC1(C)c2ccccc2-c2cc[c-]c(-c3ccccn3)c21.CCC(C)(C)C(O)CC(O)C(C)(C)CC.[Ir]. The second-order valence-electron chi connectivity index (χ2n) is 12.0. The minimum atomic E-state index is -0.427. The molecule has 0 amide bonds. The number of hydrogen-bond donors (Lipinski definition) is 2. The van der Waals surface area contributed by atoms with E-state index in [9.17, 15) is 10.2 Å². The molecule has 0 spiro atoms. The molecule has 2 atom stereocenters. The third-order valence-electron chi connectivity index (χ3n) is 8.51. The van der Waals surface area contributed by atoms with Gasteiger partial charge in [-0.25, -0.2) is 0 Å². The Morgan fingerprint density at radius 2 is 1.41 bits per heavy atom. The van der Waals surface area contributed by atoms with Crippen molar-refractivity contribution in [3.8, 4) is 22.4 Å². The number of aliphatic hydroxyl groups is 2. The van der Waals surface area contributed by atoms with Crippen molar-refractivity contribution in [2.24, 2.45) is 10.8 Å². The zero-order chi connectivity index (χ0) is 26.7. The zero-order valence-electron chi connectivity index (χ0n) is 23.7. The van der Waals surface area contributed by atoms with Gasteiger partial charge >= 0.3 is 0 Å². The van der Waals surface area contributed by atoms with Gasteiger partial charge in [-0.1, -0.05) is 97.4 Å². The molecular weight excluding hydrogens is 635 g/mol. The zero-order valence-corrected chi connectivity index (χ0v) is 26.1. The molecule has 3 nitrogen and oxygen atoms in total. The van der Waals surface area contributed by atoms with Gasteiger partial charge in [0.2, 0.25) is 0 Å². The second kappa shape index (κ2) is 12.3. The van der Waals surface area contributed by atoms with Crippen molar-refractivity contribution in [3.63, 3.8) is 0 Å². The number of hydrogen-bond acceptors (Lipinski definition) is 3. The molecule has 2 N–H and O–H groups in total. The summed E-state index contributed by atoms with van der Waals surface area (Å²) < 4.78 is 0. The number of rotatable bonds is 7. The molecule has 1 aliphatic carbocycles. The first kappa shape index (κ1) is 31.4. The topological polar surface area (TPSA) is 53.4 Å². The minimum absolute atomic E-state index is 0. The molecule has 1 aliphatic rings. The van der Waals surface area contributed by atoms with Crippen molar-refractivity contribution in [3.05, 3.63) is 78.0 Å². The van der Waals surface area contributed by atoms with Gasteiger partial charge in [-0.05, 0) is 52.0 Å². The van der Waals surface area contributed by atoms with Crippen molar-refractivity contribution in [1.82, 2.24) is 4.98 Å². The van der Waals surface area contributed by atoms with Crippen molar-refractivity contribution in [2.75, 3.05) is 0 Å². The Kier molecular flexibility index (Phi) is 10.5. The van der Waals surface area contributed by atoms with Crippen LogP contribution in [0, 0.1) is 16.9 Å². The molecule has 0 saturated heterocycles. The van der Waals surface area contributed by atoms with Crippen LogP contribution in [0.15, 0.2) is 60.8 Å². The third-order valence-corrected chi connectivity index (χ3v) is 8.51. The molecule has 2 aromatic carbocycles. The minimum Gasteiger partial charge on any atom is -0.392 e. The maximum absolute atomic E-state index is 10.0. The van der Waals surface area contributed by atoms with E-state index in [1.165, 1.54) is 22.3 Å². The van der Waals surface area contributed by atoms with E-state index >= 15 is 0 Å². The quantitative estimate of drug-likeness (QED) is 0.251. The predicted molar refractivity (Wildman–Crippen MR) is 151 cm³/mol. The summed E-state index contributed by atoms with van der Waals surface area (Å²) in [5, 5.41) is 20.1. The predicted octanol–water partition coefficient (Wildman–Crippen LogP) is 7.82. The fourth-order valence-corrected chi connectivity index (χ4v) is 4.80. The van der Waals surface area contributed by atoms with Gasteiger partial charge in [0.1, 0.15) is 0 Å². The van der Waals surface area contributed by atoms with Crippen LogP contribution >= 0.6 is 0 Å². The van der Waals surface area contributed by atoms with Crippen LogP contribution in [-0.4, -0.2) is 27.4 Å². The van der Waals surface area contributed by atoms with E-state index in [4.69, 9.17) is 0 Å². The van der Waals surface area contributed by atoms with Crippen molar-refractivity contribution in [1.29, 1.82) is 0 Å². The molecule has 1 heterocycles. The van der Waals surface area contributed by atoms with E-state index in [1.54, 1.807) is 0 Å². The fraction of sp³-hybridized carbons (Fsp3) is 0.485. The molecule has 0 saturated carbocycles.